The van der Waals surface area contributed by atoms with E-state index in [4.69, 9.17) is 14.9 Å². The maximum atomic E-state index is 10.5. The number of hydrogen-bond acceptors (Lipinski definition) is 3. The van der Waals surface area contributed by atoms with Crippen molar-refractivity contribution in [2.45, 2.75) is 46.1 Å². The van der Waals surface area contributed by atoms with Gasteiger partial charge in [-0.1, -0.05) is 19.1 Å². The second-order valence-electron chi connectivity index (χ2n) is 4.61. The summed E-state index contributed by atoms with van der Waals surface area (Å²) in [5.41, 5.74) is 1.03. The minimum atomic E-state index is -1.17. The molecule has 4 heteroatoms. The number of carbonyl (C=O) groups is 1. The monoisotopic (exact) mass is 244 g/mol. The largest absolute Gasteiger partial charge is 0.506 e. The normalized spacial score (nSPS) is 27.6. The predicted molar refractivity (Wildman–Crippen MR) is 67.0 cm³/mol. The van der Waals surface area contributed by atoms with E-state index in [1.54, 1.807) is 6.92 Å². The van der Waals surface area contributed by atoms with Crippen LogP contribution in [0.25, 0.3) is 0 Å². The van der Waals surface area contributed by atoms with E-state index in [0.717, 1.165) is 24.8 Å². The van der Waals surface area contributed by atoms with Gasteiger partial charge in [-0.3, -0.25) is 0 Å². The SMILES string of the molecule is C=C(C)C1CCC(C)CC1OC(=O)O.CCO. The quantitative estimate of drug-likeness (QED) is 0.578. The summed E-state index contributed by atoms with van der Waals surface area (Å²) >= 11 is 0. The number of hydrogen-bond donors (Lipinski definition) is 2. The molecule has 1 fully saturated rings. The van der Waals surface area contributed by atoms with Gasteiger partial charge in [-0.25, -0.2) is 4.79 Å². The first-order valence-corrected chi connectivity index (χ1v) is 6.08. The zero-order valence-corrected chi connectivity index (χ0v) is 11.0. The Balaban J connectivity index is 0.000000770. The summed E-state index contributed by atoms with van der Waals surface area (Å²) in [4.78, 5) is 10.5. The maximum absolute atomic E-state index is 10.5. The Labute approximate surface area is 103 Å². The van der Waals surface area contributed by atoms with Gasteiger partial charge in [-0.2, -0.15) is 0 Å². The van der Waals surface area contributed by atoms with Crippen molar-refractivity contribution in [1.82, 2.24) is 0 Å². The number of ether oxygens (including phenoxy) is 1. The van der Waals surface area contributed by atoms with Crippen LogP contribution >= 0.6 is 0 Å². The van der Waals surface area contributed by atoms with Gasteiger partial charge in [0.05, 0.1) is 0 Å². The molecule has 1 saturated carbocycles. The Morgan fingerprint density at radius 1 is 1.47 bits per heavy atom. The molecule has 0 bridgehead atoms. The van der Waals surface area contributed by atoms with Crippen molar-refractivity contribution in [2.75, 3.05) is 6.61 Å². The van der Waals surface area contributed by atoms with Crippen LogP contribution in [-0.2, 0) is 4.74 Å². The molecule has 0 aliphatic heterocycles. The molecule has 0 aromatic heterocycles. The average molecular weight is 244 g/mol. The summed E-state index contributed by atoms with van der Waals surface area (Å²) in [6.45, 7) is 9.89. The number of rotatable bonds is 2. The first kappa shape index (κ1) is 16.0. The third kappa shape index (κ3) is 6.31. The average Bonchev–Trinajstić information content (AvgIpc) is 2.17. The van der Waals surface area contributed by atoms with Crippen LogP contribution in [0.3, 0.4) is 0 Å². The van der Waals surface area contributed by atoms with Crippen molar-refractivity contribution in [3.63, 3.8) is 0 Å². The second-order valence-corrected chi connectivity index (χ2v) is 4.61. The van der Waals surface area contributed by atoms with Crippen LogP contribution in [0.2, 0.25) is 0 Å². The lowest BCUT2D eigenvalue weighted by molar-refractivity contribution is 0.00515. The lowest BCUT2D eigenvalue weighted by Crippen LogP contribution is -2.33. The van der Waals surface area contributed by atoms with Crippen LogP contribution in [-0.4, -0.2) is 29.1 Å². The molecule has 1 aliphatic carbocycles. The first-order chi connectivity index (χ1) is 7.92. The van der Waals surface area contributed by atoms with E-state index >= 15 is 0 Å². The van der Waals surface area contributed by atoms with Gasteiger partial charge in [0.25, 0.3) is 0 Å². The van der Waals surface area contributed by atoms with Gasteiger partial charge in [0, 0.05) is 12.5 Å². The molecule has 17 heavy (non-hydrogen) atoms. The highest BCUT2D eigenvalue weighted by atomic mass is 16.7. The van der Waals surface area contributed by atoms with Crippen LogP contribution in [0.4, 0.5) is 4.79 Å². The Hall–Kier alpha value is -1.03. The van der Waals surface area contributed by atoms with Gasteiger partial charge in [-0.05, 0) is 39.0 Å². The topological polar surface area (TPSA) is 66.8 Å². The molecule has 0 heterocycles. The summed E-state index contributed by atoms with van der Waals surface area (Å²) in [7, 11) is 0. The zero-order chi connectivity index (χ0) is 13.4. The molecule has 0 aromatic carbocycles. The molecule has 3 unspecified atom stereocenters. The first-order valence-electron chi connectivity index (χ1n) is 6.08. The Morgan fingerprint density at radius 3 is 2.41 bits per heavy atom. The third-order valence-electron chi connectivity index (χ3n) is 2.94. The van der Waals surface area contributed by atoms with Crippen molar-refractivity contribution >= 4 is 6.16 Å². The minimum Gasteiger partial charge on any atom is -0.450 e. The highest BCUT2D eigenvalue weighted by Crippen LogP contribution is 2.34. The highest BCUT2D eigenvalue weighted by molar-refractivity contribution is 5.57. The minimum absolute atomic E-state index is 0.186. The van der Waals surface area contributed by atoms with Crippen LogP contribution < -0.4 is 0 Å². The smallest absolute Gasteiger partial charge is 0.450 e. The molecular formula is C13H24O4. The molecule has 1 rings (SSSR count). The molecular weight excluding hydrogens is 220 g/mol. The zero-order valence-electron chi connectivity index (χ0n) is 11.0. The lowest BCUT2D eigenvalue weighted by Gasteiger charge is -2.33. The third-order valence-corrected chi connectivity index (χ3v) is 2.94. The molecule has 0 radical (unpaired) electrons. The summed E-state index contributed by atoms with van der Waals surface area (Å²) in [6, 6.07) is 0. The molecule has 0 spiro atoms. The fraction of sp³-hybridized carbons (Fsp3) is 0.769. The number of aliphatic hydroxyl groups is 1. The van der Waals surface area contributed by atoms with E-state index in [-0.39, 0.29) is 18.6 Å². The van der Waals surface area contributed by atoms with Crippen LogP contribution in [0.1, 0.15) is 40.0 Å². The van der Waals surface area contributed by atoms with E-state index in [0.29, 0.717) is 5.92 Å². The maximum Gasteiger partial charge on any atom is 0.506 e. The molecule has 3 atom stereocenters. The van der Waals surface area contributed by atoms with Gasteiger partial charge in [0.2, 0.25) is 0 Å². The van der Waals surface area contributed by atoms with E-state index in [9.17, 15) is 4.79 Å². The summed E-state index contributed by atoms with van der Waals surface area (Å²) < 4.78 is 4.89. The molecule has 4 nitrogen and oxygen atoms in total. The summed E-state index contributed by atoms with van der Waals surface area (Å²) in [6.07, 6.45) is 1.60. The van der Waals surface area contributed by atoms with E-state index < -0.39 is 6.16 Å². The Morgan fingerprint density at radius 2 is 2.00 bits per heavy atom. The summed E-state index contributed by atoms with van der Waals surface area (Å²) in [5, 5.41) is 16.2. The van der Waals surface area contributed by atoms with E-state index in [2.05, 4.69) is 13.5 Å². The van der Waals surface area contributed by atoms with Crippen molar-refractivity contribution < 1.29 is 19.7 Å². The molecule has 0 saturated heterocycles. The molecule has 1 aliphatic rings. The fourth-order valence-electron chi connectivity index (χ4n) is 2.15. The van der Waals surface area contributed by atoms with Crippen LogP contribution in [0.15, 0.2) is 12.2 Å². The van der Waals surface area contributed by atoms with Gasteiger partial charge in [-0.15, -0.1) is 0 Å². The van der Waals surface area contributed by atoms with Gasteiger partial charge < -0.3 is 14.9 Å². The second kappa shape index (κ2) is 8.12. The van der Waals surface area contributed by atoms with Gasteiger partial charge in [0.15, 0.2) is 0 Å². The number of aliphatic hydroxyl groups excluding tert-OH is 1. The Bertz CT molecular complexity index is 250. The van der Waals surface area contributed by atoms with Crippen molar-refractivity contribution in [1.29, 1.82) is 0 Å². The molecule has 0 aromatic rings. The Kier molecular flexibility index (Phi) is 7.63. The van der Waals surface area contributed by atoms with Crippen LogP contribution in [0, 0.1) is 11.8 Å². The number of carboxylic acid groups (broad SMARTS) is 1. The summed E-state index contributed by atoms with van der Waals surface area (Å²) in [5.74, 6) is 0.761. The molecule has 0 amide bonds. The molecule has 2 N–H and O–H groups in total. The van der Waals surface area contributed by atoms with Gasteiger partial charge >= 0.3 is 6.16 Å². The predicted octanol–water partition coefficient (Wildman–Crippen LogP) is 3.06. The fourth-order valence-corrected chi connectivity index (χ4v) is 2.15. The van der Waals surface area contributed by atoms with Crippen molar-refractivity contribution in [3.8, 4) is 0 Å². The van der Waals surface area contributed by atoms with Crippen molar-refractivity contribution in [2.24, 2.45) is 11.8 Å². The standard InChI is InChI=1S/C11H18O3.C2H6O/c1-7(2)9-5-4-8(3)6-10(9)14-11(12)13;1-2-3/h8-10H,1,4-6H2,2-3H3,(H,12,13);3H,2H2,1H3. The lowest BCUT2D eigenvalue weighted by atomic mass is 9.78. The van der Waals surface area contributed by atoms with Crippen molar-refractivity contribution in [3.05, 3.63) is 12.2 Å². The van der Waals surface area contributed by atoms with Gasteiger partial charge in [0.1, 0.15) is 6.10 Å². The van der Waals surface area contributed by atoms with E-state index in [1.165, 1.54) is 0 Å². The molecule has 100 valence electrons. The highest BCUT2D eigenvalue weighted by Gasteiger charge is 2.31. The van der Waals surface area contributed by atoms with E-state index in [1.807, 2.05) is 6.92 Å². The van der Waals surface area contributed by atoms with Crippen LogP contribution in [0.5, 0.6) is 0 Å².